The predicted octanol–water partition coefficient (Wildman–Crippen LogP) is 2.56. The first-order chi connectivity index (χ1) is 7.66. The van der Waals surface area contributed by atoms with Crippen molar-refractivity contribution in [2.24, 2.45) is 0 Å². The lowest BCUT2D eigenvalue weighted by atomic mass is 10.1. The number of hydrogen-bond donors (Lipinski definition) is 2. The molecule has 1 unspecified atom stereocenters. The van der Waals surface area contributed by atoms with Crippen LogP contribution in [0.25, 0.3) is 0 Å². The number of anilines is 1. The lowest BCUT2D eigenvalue weighted by molar-refractivity contribution is 0.462. The van der Waals surface area contributed by atoms with Crippen LogP contribution in [0.4, 0.5) is 9.39 Å². The quantitative estimate of drug-likeness (QED) is 0.864. The number of halogens is 1. The maximum absolute atomic E-state index is 13.0. The van der Waals surface area contributed by atoms with E-state index >= 15 is 0 Å². The Hall–Kier alpha value is -1.69. The van der Waals surface area contributed by atoms with Crippen LogP contribution in [0.2, 0.25) is 0 Å². The molecule has 1 aromatic carbocycles. The molecule has 0 amide bonds. The minimum absolute atomic E-state index is 0.0684. The molecule has 0 saturated carbocycles. The van der Waals surface area contributed by atoms with Crippen molar-refractivity contribution in [1.82, 2.24) is 9.59 Å². The summed E-state index contributed by atoms with van der Waals surface area (Å²) in [6.45, 7) is 1.83. The Bertz CT molecular complexity index is 475. The van der Waals surface area contributed by atoms with Crippen molar-refractivity contribution >= 4 is 16.5 Å². The smallest absolute Gasteiger partial charge is 0.130 e. The molecule has 1 atom stereocenters. The van der Waals surface area contributed by atoms with E-state index in [1.165, 1.54) is 29.7 Å². The van der Waals surface area contributed by atoms with Crippen molar-refractivity contribution in [3.05, 3.63) is 35.8 Å². The molecule has 6 heteroatoms. The first-order valence-electron chi connectivity index (χ1n) is 4.69. The number of aromatic nitrogens is 2. The average molecular weight is 239 g/mol. The highest BCUT2D eigenvalue weighted by Gasteiger charge is 2.12. The van der Waals surface area contributed by atoms with Gasteiger partial charge in [0, 0.05) is 17.1 Å². The summed E-state index contributed by atoms with van der Waals surface area (Å²) in [5, 5.41) is 17.1. The van der Waals surface area contributed by atoms with E-state index in [9.17, 15) is 9.50 Å². The van der Waals surface area contributed by atoms with Crippen LogP contribution < -0.4 is 5.32 Å². The van der Waals surface area contributed by atoms with Gasteiger partial charge in [-0.1, -0.05) is 4.49 Å². The standard InChI is InChI=1S/C10H10FN3OS/c1-6(13-10-5-12-14-16-10)8-4-7(11)2-3-9(8)15/h2-6,13,15H,1H3. The van der Waals surface area contributed by atoms with E-state index in [2.05, 4.69) is 14.9 Å². The molecule has 0 fully saturated rings. The van der Waals surface area contributed by atoms with Crippen LogP contribution in [-0.4, -0.2) is 14.7 Å². The van der Waals surface area contributed by atoms with E-state index in [0.717, 1.165) is 5.00 Å². The number of benzene rings is 1. The van der Waals surface area contributed by atoms with Gasteiger partial charge in [0.15, 0.2) is 0 Å². The van der Waals surface area contributed by atoms with Gasteiger partial charge in [-0.05, 0) is 25.1 Å². The second-order valence-corrected chi connectivity index (χ2v) is 4.14. The van der Waals surface area contributed by atoms with Crippen LogP contribution in [0.3, 0.4) is 0 Å². The third kappa shape index (κ3) is 2.27. The second-order valence-electron chi connectivity index (χ2n) is 3.35. The molecule has 0 aliphatic carbocycles. The first-order valence-corrected chi connectivity index (χ1v) is 5.46. The number of phenolic OH excluding ortho intramolecular Hbond substituents is 1. The molecule has 1 heterocycles. The molecule has 0 spiro atoms. The highest BCUT2D eigenvalue weighted by Crippen LogP contribution is 2.28. The van der Waals surface area contributed by atoms with E-state index < -0.39 is 0 Å². The van der Waals surface area contributed by atoms with Crippen molar-refractivity contribution in [2.45, 2.75) is 13.0 Å². The summed E-state index contributed by atoms with van der Waals surface area (Å²) in [6, 6.07) is 3.66. The summed E-state index contributed by atoms with van der Waals surface area (Å²) in [5.74, 6) is -0.303. The Labute approximate surface area is 95.9 Å². The monoisotopic (exact) mass is 239 g/mol. The van der Waals surface area contributed by atoms with Gasteiger partial charge >= 0.3 is 0 Å². The maximum Gasteiger partial charge on any atom is 0.130 e. The summed E-state index contributed by atoms with van der Waals surface area (Å²) in [6.07, 6.45) is 1.58. The Morgan fingerprint density at radius 2 is 2.31 bits per heavy atom. The molecule has 2 N–H and O–H groups in total. The Morgan fingerprint density at radius 1 is 1.50 bits per heavy atom. The molecule has 0 aliphatic rings. The zero-order valence-corrected chi connectivity index (χ0v) is 9.33. The largest absolute Gasteiger partial charge is 0.508 e. The second kappa shape index (κ2) is 4.44. The lowest BCUT2D eigenvalue weighted by Crippen LogP contribution is -2.06. The summed E-state index contributed by atoms with van der Waals surface area (Å²) < 4.78 is 16.7. The van der Waals surface area contributed by atoms with Crippen LogP contribution in [0.15, 0.2) is 24.4 Å². The number of hydrogen-bond acceptors (Lipinski definition) is 5. The maximum atomic E-state index is 13.0. The molecule has 84 valence electrons. The minimum Gasteiger partial charge on any atom is -0.508 e. The van der Waals surface area contributed by atoms with Crippen LogP contribution in [0.5, 0.6) is 5.75 Å². The van der Waals surface area contributed by atoms with Gasteiger partial charge in [-0.25, -0.2) is 4.39 Å². The van der Waals surface area contributed by atoms with Gasteiger partial charge in [-0.3, -0.25) is 0 Å². The summed E-state index contributed by atoms with van der Waals surface area (Å²) in [4.78, 5) is 0. The summed E-state index contributed by atoms with van der Waals surface area (Å²) in [7, 11) is 0. The Kier molecular flexibility index (Phi) is 3.00. The van der Waals surface area contributed by atoms with Crippen molar-refractivity contribution in [2.75, 3.05) is 5.32 Å². The molecule has 0 saturated heterocycles. The van der Waals surface area contributed by atoms with Gasteiger partial charge in [0.1, 0.15) is 16.6 Å². The van der Waals surface area contributed by atoms with Gasteiger partial charge in [0.25, 0.3) is 0 Å². The fourth-order valence-electron chi connectivity index (χ4n) is 1.39. The van der Waals surface area contributed by atoms with Gasteiger partial charge < -0.3 is 10.4 Å². The predicted molar refractivity (Wildman–Crippen MR) is 60.0 cm³/mol. The molecule has 0 aliphatic heterocycles. The zero-order chi connectivity index (χ0) is 11.5. The molecular weight excluding hydrogens is 229 g/mol. The average Bonchev–Trinajstić information content (AvgIpc) is 2.74. The SMILES string of the molecule is CC(Nc1cnns1)c1cc(F)ccc1O. The summed E-state index contributed by atoms with van der Waals surface area (Å²) in [5.41, 5.74) is 0.508. The topological polar surface area (TPSA) is 58.0 Å². The van der Waals surface area contributed by atoms with Crippen molar-refractivity contribution < 1.29 is 9.50 Å². The number of aromatic hydroxyl groups is 1. The van der Waals surface area contributed by atoms with Crippen molar-refractivity contribution in [3.8, 4) is 5.75 Å². The highest BCUT2D eigenvalue weighted by molar-refractivity contribution is 7.09. The highest BCUT2D eigenvalue weighted by atomic mass is 32.1. The molecule has 0 radical (unpaired) electrons. The molecule has 2 rings (SSSR count). The van der Waals surface area contributed by atoms with E-state index in [4.69, 9.17) is 0 Å². The lowest BCUT2D eigenvalue weighted by Gasteiger charge is -2.14. The van der Waals surface area contributed by atoms with Crippen molar-refractivity contribution in [3.63, 3.8) is 0 Å². The fourth-order valence-corrected chi connectivity index (χ4v) is 1.90. The van der Waals surface area contributed by atoms with Gasteiger partial charge in [-0.15, -0.1) is 5.10 Å². The molecular formula is C10H10FN3OS. The number of nitrogens with zero attached hydrogens (tertiary/aromatic N) is 2. The minimum atomic E-state index is -0.371. The van der Waals surface area contributed by atoms with Crippen LogP contribution in [0.1, 0.15) is 18.5 Å². The first kappa shape index (κ1) is 10.8. The van der Waals surface area contributed by atoms with Crippen LogP contribution in [0, 0.1) is 5.82 Å². The molecule has 2 aromatic rings. The Morgan fingerprint density at radius 3 is 3.00 bits per heavy atom. The fraction of sp³-hybridized carbons (Fsp3) is 0.200. The number of rotatable bonds is 3. The van der Waals surface area contributed by atoms with Gasteiger partial charge in [-0.2, -0.15) is 0 Å². The Balaban J connectivity index is 2.20. The van der Waals surface area contributed by atoms with Crippen LogP contribution >= 0.6 is 11.5 Å². The normalized spacial score (nSPS) is 12.4. The van der Waals surface area contributed by atoms with Gasteiger partial charge in [0.05, 0.1) is 12.2 Å². The summed E-state index contributed by atoms with van der Waals surface area (Å²) >= 11 is 1.21. The molecule has 1 aromatic heterocycles. The third-order valence-electron chi connectivity index (χ3n) is 2.18. The number of phenols is 1. The van der Waals surface area contributed by atoms with Crippen molar-refractivity contribution in [1.29, 1.82) is 0 Å². The number of nitrogens with one attached hydrogen (secondary N) is 1. The van der Waals surface area contributed by atoms with Crippen LogP contribution in [-0.2, 0) is 0 Å². The van der Waals surface area contributed by atoms with E-state index in [1.54, 1.807) is 6.20 Å². The third-order valence-corrected chi connectivity index (χ3v) is 2.77. The van der Waals surface area contributed by atoms with E-state index in [-0.39, 0.29) is 17.6 Å². The molecule has 0 bridgehead atoms. The van der Waals surface area contributed by atoms with E-state index in [0.29, 0.717) is 5.56 Å². The zero-order valence-electron chi connectivity index (χ0n) is 8.51. The molecule has 4 nitrogen and oxygen atoms in total. The van der Waals surface area contributed by atoms with E-state index in [1.807, 2.05) is 6.92 Å². The van der Waals surface area contributed by atoms with Gasteiger partial charge in [0.2, 0.25) is 0 Å². The molecule has 16 heavy (non-hydrogen) atoms.